The number of rotatable bonds is 2. The number of amides is 1. The second-order valence-corrected chi connectivity index (χ2v) is 6.18. The summed E-state index contributed by atoms with van der Waals surface area (Å²) < 4.78 is 1.04. The summed E-state index contributed by atoms with van der Waals surface area (Å²) in [6.45, 7) is 3.86. The Hall–Kier alpha value is -1.65. The minimum absolute atomic E-state index is 0.0647. The van der Waals surface area contributed by atoms with Crippen molar-refractivity contribution in [3.05, 3.63) is 63.1 Å². The van der Waals surface area contributed by atoms with Crippen molar-refractivity contribution in [1.29, 1.82) is 0 Å². The summed E-state index contributed by atoms with van der Waals surface area (Å²) >= 11 is 3.46. The lowest BCUT2D eigenvalue weighted by atomic mass is 9.98. The van der Waals surface area contributed by atoms with Crippen LogP contribution in [0.4, 0.5) is 5.69 Å². The van der Waals surface area contributed by atoms with Crippen LogP contribution in [-0.4, -0.2) is 12.5 Å². The van der Waals surface area contributed by atoms with Crippen molar-refractivity contribution in [3.8, 4) is 0 Å². The third-order valence-corrected chi connectivity index (χ3v) is 4.66. The van der Waals surface area contributed by atoms with Gasteiger partial charge < -0.3 is 10.6 Å². The average molecular weight is 345 g/mol. The van der Waals surface area contributed by atoms with E-state index in [9.17, 15) is 4.79 Å². The third kappa shape index (κ3) is 3.17. The molecule has 0 aliphatic carbocycles. The van der Waals surface area contributed by atoms with Crippen molar-refractivity contribution in [1.82, 2.24) is 5.32 Å². The largest absolute Gasteiger partial charge is 0.322 e. The van der Waals surface area contributed by atoms with Gasteiger partial charge >= 0.3 is 0 Å². The Labute approximate surface area is 132 Å². The van der Waals surface area contributed by atoms with Gasteiger partial charge in [-0.05, 0) is 66.9 Å². The quantitative estimate of drug-likeness (QED) is 0.872. The van der Waals surface area contributed by atoms with Crippen molar-refractivity contribution in [3.63, 3.8) is 0 Å². The molecule has 2 N–H and O–H groups in total. The molecule has 21 heavy (non-hydrogen) atoms. The zero-order valence-electron chi connectivity index (χ0n) is 11.9. The Balaban J connectivity index is 1.80. The van der Waals surface area contributed by atoms with Crippen LogP contribution in [0, 0.1) is 6.92 Å². The maximum Gasteiger partial charge on any atom is 0.255 e. The zero-order chi connectivity index (χ0) is 14.8. The minimum atomic E-state index is -0.0647. The van der Waals surface area contributed by atoms with Gasteiger partial charge in [0.2, 0.25) is 0 Å². The van der Waals surface area contributed by atoms with E-state index in [0.717, 1.165) is 35.2 Å². The summed E-state index contributed by atoms with van der Waals surface area (Å²) in [6.07, 6.45) is 1.03. The van der Waals surface area contributed by atoms with Gasteiger partial charge in [-0.3, -0.25) is 4.79 Å². The van der Waals surface area contributed by atoms with E-state index in [1.165, 1.54) is 11.1 Å². The number of hydrogen-bond acceptors (Lipinski definition) is 2. The van der Waals surface area contributed by atoms with Crippen LogP contribution in [0.2, 0.25) is 0 Å². The van der Waals surface area contributed by atoms with Crippen LogP contribution in [0.3, 0.4) is 0 Å². The predicted octanol–water partition coefficient (Wildman–Crippen LogP) is 3.66. The minimum Gasteiger partial charge on any atom is -0.322 e. The Morgan fingerprint density at radius 2 is 2.05 bits per heavy atom. The fourth-order valence-corrected chi connectivity index (χ4v) is 2.79. The molecule has 0 aromatic heterocycles. The van der Waals surface area contributed by atoms with E-state index >= 15 is 0 Å². The first-order chi connectivity index (χ1) is 10.1. The molecule has 2 aromatic rings. The highest BCUT2D eigenvalue weighted by molar-refractivity contribution is 9.10. The number of halogens is 1. The van der Waals surface area contributed by atoms with Gasteiger partial charge in [0.1, 0.15) is 0 Å². The fraction of sp³-hybridized carbons (Fsp3) is 0.235. The van der Waals surface area contributed by atoms with Crippen molar-refractivity contribution in [2.24, 2.45) is 0 Å². The average Bonchev–Trinajstić information content (AvgIpc) is 2.50. The summed E-state index contributed by atoms with van der Waals surface area (Å²) in [7, 11) is 0. The summed E-state index contributed by atoms with van der Waals surface area (Å²) in [5.41, 5.74) is 5.18. The molecule has 1 aliphatic heterocycles. The van der Waals surface area contributed by atoms with Gasteiger partial charge in [-0.25, -0.2) is 0 Å². The second kappa shape index (κ2) is 6.00. The smallest absolute Gasteiger partial charge is 0.255 e. The number of nitrogens with one attached hydrogen (secondary N) is 2. The van der Waals surface area contributed by atoms with Gasteiger partial charge in [0.15, 0.2) is 0 Å². The van der Waals surface area contributed by atoms with Crippen LogP contribution in [0.1, 0.15) is 27.0 Å². The highest BCUT2D eigenvalue weighted by atomic mass is 79.9. The molecule has 4 heteroatoms. The second-order valence-electron chi connectivity index (χ2n) is 5.33. The first-order valence-electron chi connectivity index (χ1n) is 7.03. The molecule has 1 amide bonds. The molecule has 0 saturated heterocycles. The molecule has 0 spiro atoms. The number of benzene rings is 2. The van der Waals surface area contributed by atoms with Crippen LogP contribution < -0.4 is 10.6 Å². The predicted molar refractivity (Wildman–Crippen MR) is 88.7 cm³/mol. The maximum absolute atomic E-state index is 12.4. The highest BCUT2D eigenvalue weighted by Crippen LogP contribution is 2.21. The molecule has 0 fully saturated rings. The van der Waals surface area contributed by atoms with E-state index in [1.54, 1.807) is 0 Å². The molecule has 2 aromatic carbocycles. The fourth-order valence-electron chi connectivity index (χ4n) is 2.55. The molecular weight excluding hydrogens is 328 g/mol. The molecule has 0 unspecified atom stereocenters. The third-order valence-electron chi connectivity index (χ3n) is 3.77. The van der Waals surface area contributed by atoms with Gasteiger partial charge in [-0.1, -0.05) is 22.0 Å². The van der Waals surface area contributed by atoms with Gasteiger partial charge in [0.05, 0.1) is 0 Å². The van der Waals surface area contributed by atoms with Gasteiger partial charge in [0, 0.05) is 22.3 Å². The first-order valence-corrected chi connectivity index (χ1v) is 7.83. The Kier molecular flexibility index (Phi) is 4.08. The number of aryl methyl sites for hydroxylation is 1. The van der Waals surface area contributed by atoms with Crippen LogP contribution in [-0.2, 0) is 13.0 Å². The lowest BCUT2D eigenvalue weighted by molar-refractivity contribution is 0.102. The van der Waals surface area contributed by atoms with E-state index < -0.39 is 0 Å². The molecule has 3 rings (SSSR count). The molecule has 3 nitrogen and oxygen atoms in total. The van der Waals surface area contributed by atoms with E-state index in [-0.39, 0.29) is 5.91 Å². The van der Waals surface area contributed by atoms with E-state index in [2.05, 4.69) is 32.6 Å². The van der Waals surface area contributed by atoms with E-state index in [4.69, 9.17) is 0 Å². The monoisotopic (exact) mass is 344 g/mol. The van der Waals surface area contributed by atoms with Crippen LogP contribution in [0.25, 0.3) is 0 Å². The molecule has 0 atom stereocenters. The first kappa shape index (κ1) is 14.3. The van der Waals surface area contributed by atoms with Crippen molar-refractivity contribution >= 4 is 27.5 Å². The van der Waals surface area contributed by atoms with Gasteiger partial charge in [-0.2, -0.15) is 0 Å². The maximum atomic E-state index is 12.4. The van der Waals surface area contributed by atoms with Crippen LogP contribution in [0.15, 0.2) is 40.9 Å². The standard InChI is InChI=1S/C17H17BrN2O/c1-11-8-15(4-5-16(11)18)20-17(21)13-3-2-12-6-7-19-10-14(12)9-13/h2-5,8-9,19H,6-7,10H2,1H3,(H,20,21). The Morgan fingerprint density at radius 1 is 1.19 bits per heavy atom. The van der Waals surface area contributed by atoms with Gasteiger partial charge in [0.25, 0.3) is 5.91 Å². The lowest BCUT2D eigenvalue weighted by Gasteiger charge is -2.17. The number of anilines is 1. The zero-order valence-corrected chi connectivity index (χ0v) is 13.5. The van der Waals surface area contributed by atoms with Crippen LogP contribution >= 0.6 is 15.9 Å². The number of hydrogen-bond donors (Lipinski definition) is 2. The van der Waals surface area contributed by atoms with Gasteiger partial charge in [-0.15, -0.1) is 0 Å². The Morgan fingerprint density at radius 3 is 2.86 bits per heavy atom. The number of fused-ring (bicyclic) bond motifs is 1. The van der Waals surface area contributed by atoms with Crippen LogP contribution in [0.5, 0.6) is 0 Å². The molecule has 0 radical (unpaired) electrons. The molecular formula is C17H17BrN2O. The highest BCUT2D eigenvalue weighted by Gasteiger charge is 2.12. The summed E-state index contributed by atoms with van der Waals surface area (Å²) in [5.74, 6) is -0.0647. The summed E-state index contributed by atoms with van der Waals surface area (Å²) in [6, 6.07) is 11.8. The summed E-state index contributed by atoms with van der Waals surface area (Å²) in [4.78, 5) is 12.4. The molecule has 1 aliphatic rings. The van der Waals surface area contributed by atoms with E-state index in [1.807, 2.05) is 37.3 Å². The Bertz CT molecular complexity index is 697. The SMILES string of the molecule is Cc1cc(NC(=O)c2ccc3c(c2)CNCC3)ccc1Br. The molecule has 108 valence electrons. The van der Waals surface area contributed by atoms with E-state index in [0.29, 0.717) is 5.56 Å². The lowest BCUT2D eigenvalue weighted by Crippen LogP contribution is -2.24. The molecule has 1 heterocycles. The van der Waals surface area contributed by atoms with Crippen molar-refractivity contribution in [2.75, 3.05) is 11.9 Å². The topological polar surface area (TPSA) is 41.1 Å². The van der Waals surface area contributed by atoms with Crippen molar-refractivity contribution < 1.29 is 4.79 Å². The summed E-state index contributed by atoms with van der Waals surface area (Å²) in [5, 5.41) is 6.29. The number of carbonyl (C=O) groups is 1. The molecule has 0 saturated carbocycles. The number of carbonyl (C=O) groups excluding carboxylic acids is 1. The molecule has 0 bridgehead atoms. The van der Waals surface area contributed by atoms with Crippen molar-refractivity contribution in [2.45, 2.75) is 19.9 Å². The normalized spacial score (nSPS) is 13.6.